The van der Waals surface area contributed by atoms with Crippen molar-refractivity contribution >= 4 is 37.9 Å². The first-order valence-corrected chi connectivity index (χ1v) is 10.7. The average molecular weight is 494 g/mol. The van der Waals surface area contributed by atoms with Gasteiger partial charge >= 0.3 is 5.69 Å². The van der Waals surface area contributed by atoms with E-state index in [4.69, 9.17) is 0 Å². The summed E-state index contributed by atoms with van der Waals surface area (Å²) >= 11 is 3.46. The van der Waals surface area contributed by atoms with E-state index in [-0.39, 0.29) is 17.9 Å². The molecule has 162 valence electrons. The van der Waals surface area contributed by atoms with E-state index in [2.05, 4.69) is 20.9 Å². The molecule has 0 spiro atoms. The largest absolute Gasteiger partial charge is 0.388 e. The number of nitrogens with zero attached hydrogens (tertiary/aromatic N) is 5. The molecule has 2 aromatic carbocycles. The molecule has 0 saturated heterocycles. The van der Waals surface area contributed by atoms with Gasteiger partial charge in [0.15, 0.2) is 0 Å². The molecule has 9 heteroatoms. The summed E-state index contributed by atoms with van der Waals surface area (Å²) in [5.41, 5.74) is 3.78. The normalized spacial score (nSPS) is 11.7. The molecular weight excluding hydrogens is 474 g/mol. The van der Waals surface area contributed by atoms with Gasteiger partial charge in [-0.05, 0) is 35.9 Å². The van der Waals surface area contributed by atoms with Crippen molar-refractivity contribution in [2.24, 2.45) is 21.1 Å². The van der Waals surface area contributed by atoms with Crippen molar-refractivity contribution in [3.8, 4) is 16.9 Å². The number of hydrogen-bond acceptors (Lipinski definition) is 4. The van der Waals surface area contributed by atoms with E-state index in [1.807, 2.05) is 64.8 Å². The first kappa shape index (κ1) is 20.5. The highest BCUT2D eigenvalue weighted by Crippen LogP contribution is 2.32. The molecule has 8 nitrogen and oxygen atoms in total. The summed E-state index contributed by atoms with van der Waals surface area (Å²) in [6.45, 7) is -0.157. The summed E-state index contributed by atoms with van der Waals surface area (Å²) < 4.78 is 7.31. The van der Waals surface area contributed by atoms with Crippen LogP contribution < -0.4 is 11.2 Å². The van der Waals surface area contributed by atoms with Crippen LogP contribution in [0.25, 0.3) is 38.9 Å². The topological polar surface area (TPSA) is 87.0 Å². The van der Waals surface area contributed by atoms with Crippen molar-refractivity contribution in [3.63, 3.8) is 0 Å². The van der Waals surface area contributed by atoms with E-state index in [0.717, 1.165) is 31.3 Å². The van der Waals surface area contributed by atoms with Crippen LogP contribution in [-0.4, -0.2) is 28.4 Å². The highest BCUT2D eigenvalue weighted by molar-refractivity contribution is 9.10. The molecule has 0 fully saturated rings. The van der Waals surface area contributed by atoms with E-state index in [1.54, 1.807) is 7.05 Å². The van der Waals surface area contributed by atoms with Gasteiger partial charge in [-0.1, -0.05) is 28.1 Å². The maximum atomic E-state index is 13.2. The van der Waals surface area contributed by atoms with Crippen LogP contribution in [0.4, 0.5) is 0 Å². The van der Waals surface area contributed by atoms with E-state index in [0.29, 0.717) is 22.4 Å². The van der Waals surface area contributed by atoms with Crippen molar-refractivity contribution in [2.45, 2.75) is 6.61 Å². The fourth-order valence-corrected chi connectivity index (χ4v) is 4.43. The van der Waals surface area contributed by atoms with Gasteiger partial charge in [0.1, 0.15) is 12.4 Å². The minimum Gasteiger partial charge on any atom is -0.388 e. The van der Waals surface area contributed by atoms with Crippen LogP contribution in [0.2, 0.25) is 0 Å². The number of fused-ring (bicyclic) bond motifs is 2. The molecule has 0 aliphatic carbocycles. The lowest BCUT2D eigenvalue weighted by atomic mass is 10.1. The van der Waals surface area contributed by atoms with Gasteiger partial charge in [0.25, 0.3) is 5.56 Å². The number of aliphatic hydroxyl groups is 1. The summed E-state index contributed by atoms with van der Waals surface area (Å²) in [5, 5.41) is 10.0. The van der Waals surface area contributed by atoms with Crippen LogP contribution in [0.15, 0.2) is 62.7 Å². The fraction of sp³-hybridized carbons (Fsp3) is 0.174. The number of imidazole rings is 1. The second kappa shape index (κ2) is 7.32. The van der Waals surface area contributed by atoms with Gasteiger partial charge in [-0.2, -0.15) is 0 Å². The SMILES string of the molecule is Cn1c(=O)c2c(-c3ccc(Br)cc3)n(-c3ccc4c(c3)nc(CO)n4C)cc2n(C)c1=O. The Balaban J connectivity index is 1.90. The third kappa shape index (κ3) is 2.89. The Bertz CT molecular complexity index is 1640. The molecule has 3 heterocycles. The van der Waals surface area contributed by atoms with Gasteiger partial charge in [0.05, 0.1) is 27.6 Å². The van der Waals surface area contributed by atoms with Crippen LogP contribution in [0, 0.1) is 0 Å². The highest BCUT2D eigenvalue weighted by Gasteiger charge is 2.21. The summed E-state index contributed by atoms with van der Waals surface area (Å²) in [7, 11) is 5.01. The molecule has 0 atom stereocenters. The summed E-state index contributed by atoms with van der Waals surface area (Å²) in [5.74, 6) is 0.569. The minimum absolute atomic E-state index is 0.157. The van der Waals surface area contributed by atoms with Crippen molar-refractivity contribution in [1.82, 2.24) is 23.3 Å². The lowest BCUT2D eigenvalue weighted by Crippen LogP contribution is -2.36. The van der Waals surface area contributed by atoms with Crippen LogP contribution in [0.3, 0.4) is 0 Å². The average Bonchev–Trinajstić information content (AvgIpc) is 3.35. The molecule has 0 aliphatic heterocycles. The van der Waals surface area contributed by atoms with Crippen molar-refractivity contribution in [3.05, 3.63) is 79.8 Å². The Morgan fingerprint density at radius 3 is 2.34 bits per heavy atom. The zero-order chi connectivity index (χ0) is 22.7. The molecule has 0 amide bonds. The number of aryl methyl sites for hydroxylation is 2. The van der Waals surface area contributed by atoms with Crippen LogP contribution >= 0.6 is 15.9 Å². The van der Waals surface area contributed by atoms with Crippen LogP contribution in [0.1, 0.15) is 5.82 Å². The second-order valence-corrected chi connectivity index (χ2v) is 8.65. The van der Waals surface area contributed by atoms with Gasteiger partial charge in [-0.25, -0.2) is 9.78 Å². The van der Waals surface area contributed by atoms with E-state index in [1.165, 1.54) is 11.6 Å². The summed E-state index contributed by atoms with van der Waals surface area (Å²) in [4.78, 5) is 30.3. The maximum Gasteiger partial charge on any atom is 0.330 e. The van der Waals surface area contributed by atoms with Crippen molar-refractivity contribution < 1.29 is 5.11 Å². The first-order valence-electron chi connectivity index (χ1n) is 9.95. The van der Waals surface area contributed by atoms with E-state index < -0.39 is 0 Å². The molecule has 5 aromatic rings. The fourth-order valence-electron chi connectivity index (χ4n) is 4.17. The number of hydrogen-bond donors (Lipinski definition) is 1. The lowest BCUT2D eigenvalue weighted by molar-refractivity contribution is 0.268. The second-order valence-electron chi connectivity index (χ2n) is 7.74. The van der Waals surface area contributed by atoms with Crippen LogP contribution in [-0.2, 0) is 27.7 Å². The molecule has 0 aliphatic rings. The van der Waals surface area contributed by atoms with Gasteiger partial charge in [-0.3, -0.25) is 13.9 Å². The third-order valence-electron chi connectivity index (χ3n) is 5.93. The molecule has 0 unspecified atom stereocenters. The van der Waals surface area contributed by atoms with Gasteiger partial charge < -0.3 is 14.2 Å². The third-order valence-corrected chi connectivity index (χ3v) is 6.46. The quantitative estimate of drug-likeness (QED) is 0.418. The zero-order valence-electron chi connectivity index (χ0n) is 17.7. The van der Waals surface area contributed by atoms with E-state index >= 15 is 0 Å². The molecule has 3 aromatic heterocycles. The Morgan fingerprint density at radius 1 is 0.938 bits per heavy atom. The molecule has 5 rings (SSSR count). The number of aliphatic hydroxyl groups excluding tert-OH is 1. The molecule has 0 saturated carbocycles. The number of rotatable bonds is 3. The number of halogens is 1. The summed E-state index contributed by atoms with van der Waals surface area (Å²) in [6.07, 6.45) is 1.81. The summed E-state index contributed by atoms with van der Waals surface area (Å²) in [6, 6.07) is 13.5. The number of aromatic nitrogens is 5. The lowest BCUT2D eigenvalue weighted by Gasteiger charge is -2.11. The maximum absolute atomic E-state index is 13.2. The van der Waals surface area contributed by atoms with Crippen molar-refractivity contribution in [1.29, 1.82) is 0 Å². The minimum atomic E-state index is -0.380. The zero-order valence-corrected chi connectivity index (χ0v) is 19.3. The molecule has 1 N–H and O–H groups in total. The van der Waals surface area contributed by atoms with Gasteiger partial charge in [0, 0.05) is 37.5 Å². The van der Waals surface area contributed by atoms with E-state index in [9.17, 15) is 14.7 Å². The number of benzene rings is 2. The smallest absolute Gasteiger partial charge is 0.330 e. The molecule has 0 radical (unpaired) electrons. The molecule has 0 bridgehead atoms. The first-order chi connectivity index (χ1) is 15.3. The predicted molar refractivity (Wildman–Crippen MR) is 127 cm³/mol. The molecular formula is C23H20BrN5O3. The Kier molecular flexibility index (Phi) is 4.68. The van der Waals surface area contributed by atoms with Gasteiger partial charge in [-0.15, -0.1) is 0 Å². The van der Waals surface area contributed by atoms with Gasteiger partial charge in [0.2, 0.25) is 0 Å². The Hall–Kier alpha value is -3.43. The van der Waals surface area contributed by atoms with Crippen LogP contribution in [0.5, 0.6) is 0 Å². The Labute approximate surface area is 190 Å². The Morgan fingerprint density at radius 2 is 1.66 bits per heavy atom. The predicted octanol–water partition coefficient (Wildman–Crippen LogP) is 2.84. The standard InChI is InChI=1S/C23H20BrN5O3/c1-26-17-9-8-15(10-16(17)25-19(26)12-30)29-11-18-20(22(31)28(3)23(32)27(18)2)21(29)13-4-6-14(24)7-5-13/h4-11,30H,12H2,1-3H3. The highest BCUT2D eigenvalue weighted by atomic mass is 79.9. The van der Waals surface area contributed by atoms with Crippen molar-refractivity contribution in [2.75, 3.05) is 0 Å². The monoisotopic (exact) mass is 493 g/mol. The molecule has 32 heavy (non-hydrogen) atoms.